The number of halogens is 3. The zero-order valence-corrected chi connectivity index (χ0v) is 31.9. The first-order chi connectivity index (χ1) is 27.1. The van der Waals surface area contributed by atoms with Gasteiger partial charge in [-0.3, -0.25) is 19.2 Å². The number of amides is 2. The van der Waals surface area contributed by atoms with Crippen LogP contribution in [0, 0.1) is 0 Å². The van der Waals surface area contributed by atoms with E-state index in [1.807, 2.05) is 42.5 Å². The summed E-state index contributed by atoms with van der Waals surface area (Å²) in [7, 11) is 0. The molecule has 0 saturated heterocycles. The molecule has 12 heteroatoms. The van der Waals surface area contributed by atoms with Gasteiger partial charge < -0.3 is 24.8 Å². The summed E-state index contributed by atoms with van der Waals surface area (Å²) >= 11 is 19.0. The number of hydrogen-bond donors (Lipinski definition) is 2. The van der Waals surface area contributed by atoms with E-state index in [0.29, 0.717) is 56.8 Å². The highest BCUT2D eigenvalue weighted by Crippen LogP contribution is 2.28. The molecule has 0 saturated carbocycles. The molecule has 9 nitrogen and oxygen atoms in total. The van der Waals surface area contributed by atoms with Gasteiger partial charge in [-0.15, -0.1) is 0 Å². The maximum absolute atomic E-state index is 13.2. The highest BCUT2D eigenvalue weighted by molar-refractivity contribution is 6.34. The van der Waals surface area contributed by atoms with Crippen LogP contribution in [0.3, 0.4) is 0 Å². The summed E-state index contributed by atoms with van der Waals surface area (Å²) in [5.74, 6) is -1.68. The van der Waals surface area contributed by atoms with Crippen LogP contribution in [0.25, 0.3) is 0 Å². The van der Waals surface area contributed by atoms with E-state index < -0.39 is 23.8 Å². The summed E-state index contributed by atoms with van der Waals surface area (Å²) in [4.78, 5) is 51.7. The molecular formula is C44H33Cl3N2O7. The Balaban J connectivity index is 0.991. The van der Waals surface area contributed by atoms with Crippen molar-refractivity contribution in [2.24, 2.45) is 0 Å². The zero-order valence-electron chi connectivity index (χ0n) is 29.6. The Morgan fingerprint density at radius 3 is 1.43 bits per heavy atom. The van der Waals surface area contributed by atoms with Crippen LogP contribution in [0.15, 0.2) is 140 Å². The van der Waals surface area contributed by atoms with Crippen molar-refractivity contribution in [3.8, 4) is 11.5 Å². The number of benzene rings is 6. The quantitative estimate of drug-likeness (QED) is 0.0831. The van der Waals surface area contributed by atoms with E-state index in [4.69, 9.17) is 49.0 Å². The zero-order chi connectivity index (χ0) is 39.4. The van der Waals surface area contributed by atoms with Crippen molar-refractivity contribution in [3.05, 3.63) is 188 Å². The highest BCUT2D eigenvalue weighted by atomic mass is 35.5. The van der Waals surface area contributed by atoms with Gasteiger partial charge in [0, 0.05) is 5.02 Å². The van der Waals surface area contributed by atoms with Crippen molar-refractivity contribution in [1.29, 1.82) is 0 Å². The summed E-state index contributed by atoms with van der Waals surface area (Å²) in [6.07, 6.45) is -0.492. The Kier molecular flexibility index (Phi) is 13.4. The number of carbonyl (C=O) groups is 4. The molecule has 2 amide bonds. The van der Waals surface area contributed by atoms with E-state index in [1.54, 1.807) is 84.9 Å². The molecule has 0 spiro atoms. The van der Waals surface area contributed by atoms with Crippen molar-refractivity contribution in [2.75, 3.05) is 10.6 Å². The Morgan fingerprint density at radius 1 is 0.464 bits per heavy atom. The van der Waals surface area contributed by atoms with E-state index in [1.165, 1.54) is 12.1 Å². The van der Waals surface area contributed by atoms with Crippen molar-refractivity contribution in [1.82, 2.24) is 0 Å². The van der Waals surface area contributed by atoms with Crippen LogP contribution < -0.4 is 20.1 Å². The summed E-state index contributed by atoms with van der Waals surface area (Å²) < 4.78 is 16.9. The summed E-state index contributed by atoms with van der Waals surface area (Å²) in [5.41, 5.74) is 3.99. The van der Waals surface area contributed by atoms with Crippen molar-refractivity contribution < 1.29 is 33.4 Å². The van der Waals surface area contributed by atoms with Crippen LogP contribution in [-0.2, 0) is 40.4 Å². The van der Waals surface area contributed by atoms with Crippen LogP contribution in [0.4, 0.5) is 11.4 Å². The van der Waals surface area contributed by atoms with Gasteiger partial charge in [-0.1, -0.05) is 114 Å². The average molecular weight is 808 g/mol. The van der Waals surface area contributed by atoms with Crippen LogP contribution in [0.2, 0.25) is 15.1 Å². The molecule has 2 N–H and O–H groups in total. The molecule has 0 aliphatic rings. The van der Waals surface area contributed by atoms with Gasteiger partial charge in [-0.05, 0) is 82.9 Å². The SMILES string of the molecule is O=C(Cc1ccc(NC(=O)c2ccccc2OCc2ccccc2)c(Cl)c1)OC(=O)Cc1ccc(NC(=O)c2ccccc2OCc2cccc(Cl)c2)c(Cl)c1. The fourth-order valence-corrected chi connectivity index (χ4v) is 6.25. The summed E-state index contributed by atoms with van der Waals surface area (Å²) in [5, 5.41) is 6.50. The summed E-state index contributed by atoms with van der Waals surface area (Å²) in [6.45, 7) is 0.500. The van der Waals surface area contributed by atoms with Gasteiger partial charge in [0.15, 0.2) is 0 Å². The highest BCUT2D eigenvalue weighted by Gasteiger charge is 2.18. The minimum absolute atomic E-state index is 0.178. The standard InChI is InChI=1S/C44H33Cl3N2O7/c45-32-12-8-11-31(21-32)27-55-40-16-7-5-14-34(40)44(53)49-38-20-18-30(23-36(38)47)25-42(51)56-41(50)24-29-17-19-37(35(46)22-29)48-43(52)33-13-4-6-15-39(33)54-26-28-9-2-1-3-10-28/h1-23H,24-27H2,(H,48,52)(H,49,53). The topological polar surface area (TPSA) is 120 Å². The van der Waals surface area contributed by atoms with E-state index in [2.05, 4.69) is 10.6 Å². The van der Waals surface area contributed by atoms with E-state index in [9.17, 15) is 19.2 Å². The minimum atomic E-state index is -0.795. The first kappa shape index (κ1) is 39.6. The Labute approximate surface area is 338 Å². The monoisotopic (exact) mass is 806 g/mol. The minimum Gasteiger partial charge on any atom is -0.488 e. The lowest BCUT2D eigenvalue weighted by molar-refractivity contribution is -0.158. The van der Waals surface area contributed by atoms with Gasteiger partial charge in [0.05, 0.1) is 45.4 Å². The largest absolute Gasteiger partial charge is 0.488 e. The molecule has 0 radical (unpaired) electrons. The number of nitrogens with one attached hydrogen (secondary N) is 2. The Morgan fingerprint density at radius 2 is 0.929 bits per heavy atom. The second-order valence-electron chi connectivity index (χ2n) is 12.4. The number of ether oxygens (including phenoxy) is 3. The van der Waals surface area contributed by atoms with Gasteiger partial charge >= 0.3 is 11.9 Å². The second-order valence-corrected chi connectivity index (χ2v) is 13.7. The maximum Gasteiger partial charge on any atom is 0.317 e. The molecule has 0 fully saturated rings. The molecule has 6 rings (SSSR count). The van der Waals surface area contributed by atoms with E-state index >= 15 is 0 Å². The Hall–Kier alpha value is -6.13. The molecule has 6 aromatic rings. The number of hydrogen-bond acceptors (Lipinski definition) is 7. The Bertz CT molecular complexity index is 2390. The molecule has 0 aromatic heterocycles. The van der Waals surface area contributed by atoms with Crippen molar-refractivity contribution in [3.63, 3.8) is 0 Å². The molecular weight excluding hydrogens is 775 g/mol. The normalized spacial score (nSPS) is 10.6. The number of rotatable bonds is 14. The first-order valence-corrected chi connectivity index (χ1v) is 18.4. The van der Waals surface area contributed by atoms with Crippen LogP contribution in [-0.4, -0.2) is 23.8 Å². The van der Waals surface area contributed by atoms with Gasteiger partial charge in [0.2, 0.25) is 0 Å². The fraction of sp³-hybridized carbons (Fsp3) is 0.0909. The van der Waals surface area contributed by atoms with Crippen LogP contribution in [0.5, 0.6) is 11.5 Å². The van der Waals surface area contributed by atoms with Crippen LogP contribution >= 0.6 is 34.8 Å². The number of anilines is 2. The molecule has 0 unspecified atom stereocenters. The van der Waals surface area contributed by atoms with Crippen molar-refractivity contribution in [2.45, 2.75) is 26.1 Å². The van der Waals surface area contributed by atoms with Gasteiger partial charge in [0.25, 0.3) is 11.8 Å². The third-order valence-electron chi connectivity index (χ3n) is 8.27. The van der Waals surface area contributed by atoms with Gasteiger partial charge in [0.1, 0.15) is 24.7 Å². The maximum atomic E-state index is 13.2. The molecule has 0 atom stereocenters. The molecule has 0 bridgehead atoms. The third kappa shape index (κ3) is 11.0. The number of carbonyl (C=O) groups excluding carboxylic acids is 4. The predicted octanol–water partition coefficient (Wildman–Crippen LogP) is 10.2. The molecule has 0 aliphatic carbocycles. The average Bonchev–Trinajstić information content (AvgIpc) is 3.19. The van der Waals surface area contributed by atoms with Crippen LogP contribution in [0.1, 0.15) is 43.0 Å². The first-order valence-electron chi connectivity index (χ1n) is 17.3. The summed E-state index contributed by atoms with van der Waals surface area (Å²) in [6, 6.07) is 39.8. The molecule has 0 heterocycles. The van der Waals surface area contributed by atoms with E-state index in [0.717, 1.165) is 11.1 Å². The van der Waals surface area contributed by atoms with Gasteiger partial charge in [-0.2, -0.15) is 0 Å². The fourth-order valence-electron chi connectivity index (χ4n) is 5.53. The predicted molar refractivity (Wildman–Crippen MR) is 217 cm³/mol. The second kappa shape index (κ2) is 19.0. The van der Waals surface area contributed by atoms with Crippen molar-refractivity contribution >= 4 is 69.9 Å². The number of esters is 2. The lowest BCUT2D eigenvalue weighted by Gasteiger charge is -2.13. The molecule has 56 heavy (non-hydrogen) atoms. The lowest BCUT2D eigenvalue weighted by Crippen LogP contribution is -2.17. The van der Waals surface area contributed by atoms with E-state index in [-0.39, 0.29) is 29.5 Å². The molecule has 0 aliphatic heterocycles. The smallest absolute Gasteiger partial charge is 0.317 e. The lowest BCUT2D eigenvalue weighted by atomic mass is 10.1. The third-order valence-corrected chi connectivity index (χ3v) is 9.13. The molecule has 6 aromatic carbocycles. The van der Waals surface area contributed by atoms with Gasteiger partial charge in [-0.25, -0.2) is 0 Å². The molecule has 282 valence electrons. The number of para-hydroxylation sites is 2.